The molecular formula is C16H23NO2. The van der Waals surface area contributed by atoms with E-state index in [1.165, 1.54) is 17.6 Å². The molecule has 0 amide bonds. The van der Waals surface area contributed by atoms with E-state index in [1.54, 1.807) is 7.11 Å². The van der Waals surface area contributed by atoms with Crippen LogP contribution in [-0.2, 0) is 0 Å². The van der Waals surface area contributed by atoms with Crippen LogP contribution >= 0.6 is 0 Å². The average Bonchev–Trinajstić information content (AvgIpc) is 2.86. The number of aliphatic hydroxyl groups is 1. The Hall–Kier alpha value is -1.32. The van der Waals surface area contributed by atoms with Gasteiger partial charge in [0.05, 0.1) is 13.7 Å². The third-order valence-corrected chi connectivity index (χ3v) is 3.69. The van der Waals surface area contributed by atoms with Crippen LogP contribution in [0.15, 0.2) is 29.8 Å². The highest BCUT2D eigenvalue weighted by atomic mass is 16.5. The number of aliphatic hydroxyl groups excluding tert-OH is 1. The van der Waals surface area contributed by atoms with Crippen molar-refractivity contribution in [2.45, 2.75) is 25.8 Å². The molecule has 1 atom stereocenters. The molecule has 0 aliphatic carbocycles. The first-order valence-electron chi connectivity index (χ1n) is 6.89. The van der Waals surface area contributed by atoms with E-state index in [4.69, 9.17) is 4.74 Å². The van der Waals surface area contributed by atoms with Crippen LogP contribution in [0.4, 0.5) is 0 Å². The minimum atomic E-state index is 0.274. The molecule has 3 nitrogen and oxygen atoms in total. The van der Waals surface area contributed by atoms with Gasteiger partial charge in [-0.3, -0.25) is 4.90 Å². The molecular weight excluding hydrogens is 238 g/mol. The maximum Gasteiger partial charge on any atom is 0.118 e. The molecule has 0 bridgehead atoms. The maximum absolute atomic E-state index is 9.32. The Labute approximate surface area is 115 Å². The summed E-state index contributed by atoms with van der Waals surface area (Å²) in [7, 11) is 1.68. The molecule has 1 aliphatic rings. The van der Waals surface area contributed by atoms with Gasteiger partial charge in [0.15, 0.2) is 0 Å². The quantitative estimate of drug-likeness (QED) is 0.884. The predicted octanol–water partition coefficient (Wildman–Crippen LogP) is 2.56. The maximum atomic E-state index is 9.32. The summed E-state index contributed by atoms with van der Waals surface area (Å²) in [6.07, 6.45) is 4.51. The summed E-state index contributed by atoms with van der Waals surface area (Å²) in [5, 5.41) is 9.32. The van der Waals surface area contributed by atoms with Gasteiger partial charge in [-0.25, -0.2) is 0 Å². The van der Waals surface area contributed by atoms with E-state index in [-0.39, 0.29) is 6.61 Å². The Morgan fingerprint density at radius 3 is 2.79 bits per heavy atom. The minimum absolute atomic E-state index is 0.274. The summed E-state index contributed by atoms with van der Waals surface area (Å²) in [4.78, 5) is 2.37. The molecule has 0 saturated carbocycles. The molecule has 3 heteroatoms. The molecule has 2 rings (SSSR count). The first-order chi connectivity index (χ1) is 9.22. The zero-order chi connectivity index (χ0) is 13.7. The molecule has 104 valence electrons. The van der Waals surface area contributed by atoms with E-state index < -0.39 is 0 Å². The average molecular weight is 261 g/mol. The molecule has 19 heavy (non-hydrogen) atoms. The lowest BCUT2D eigenvalue weighted by Crippen LogP contribution is -2.33. The Bertz CT molecular complexity index is 425. The number of likely N-dealkylation sites (tertiary alicyclic amines) is 1. The van der Waals surface area contributed by atoms with Crippen molar-refractivity contribution in [3.8, 4) is 5.75 Å². The molecule has 0 unspecified atom stereocenters. The molecule has 1 aromatic carbocycles. The van der Waals surface area contributed by atoms with Gasteiger partial charge in [0.1, 0.15) is 5.75 Å². The van der Waals surface area contributed by atoms with E-state index in [1.807, 2.05) is 12.1 Å². The van der Waals surface area contributed by atoms with Gasteiger partial charge in [-0.05, 0) is 44.0 Å². The largest absolute Gasteiger partial charge is 0.497 e. The Morgan fingerprint density at radius 1 is 1.42 bits per heavy atom. The van der Waals surface area contributed by atoms with Crippen molar-refractivity contribution in [3.05, 3.63) is 35.4 Å². The number of nitrogens with zero attached hydrogens (tertiary/aromatic N) is 1. The molecule has 1 aliphatic heterocycles. The Morgan fingerprint density at radius 2 is 2.16 bits per heavy atom. The van der Waals surface area contributed by atoms with E-state index >= 15 is 0 Å². The van der Waals surface area contributed by atoms with Crippen LogP contribution in [0.1, 0.15) is 25.3 Å². The van der Waals surface area contributed by atoms with Gasteiger partial charge >= 0.3 is 0 Å². The van der Waals surface area contributed by atoms with E-state index in [2.05, 4.69) is 30.0 Å². The number of hydrogen-bond donors (Lipinski definition) is 1. The normalized spacial score (nSPS) is 20.8. The highest BCUT2D eigenvalue weighted by Gasteiger charge is 2.23. The van der Waals surface area contributed by atoms with Gasteiger partial charge < -0.3 is 9.84 Å². The minimum Gasteiger partial charge on any atom is -0.497 e. The second-order valence-electron chi connectivity index (χ2n) is 5.21. The lowest BCUT2D eigenvalue weighted by Gasteiger charge is -2.22. The fraction of sp³-hybridized carbons (Fsp3) is 0.500. The first kappa shape index (κ1) is 14.1. The van der Waals surface area contributed by atoms with Crippen LogP contribution in [0.25, 0.3) is 6.08 Å². The number of hydrogen-bond acceptors (Lipinski definition) is 3. The van der Waals surface area contributed by atoms with Gasteiger partial charge in [0.2, 0.25) is 0 Å². The number of rotatable bonds is 5. The number of methoxy groups -OCH3 is 1. The summed E-state index contributed by atoms with van der Waals surface area (Å²) < 4.78 is 5.15. The van der Waals surface area contributed by atoms with Crippen molar-refractivity contribution in [2.75, 3.05) is 26.8 Å². The summed E-state index contributed by atoms with van der Waals surface area (Å²) in [5.74, 6) is 0.884. The van der Waals surface area contributed by atoms with Crippen molar-refractivity contribution in [2.24, 2.45) is 0 Å². The third-order valence-electron chi connectivity index (χ3n) is 3.69. The van der Waals surface area contributed by atoms with Gasteiger partial charge in [-0.1, -0.05) is 23.8 Å². The number of ether oxygens (including phenoxy) is 1. The predicted molar refractivity (Wildman–Crippen MR) is 78.3 cm³/mol. The van der Waals surface area contributed by atoms with E-state index in [0.717, 1.165) is 25.3 Å². The lowest BCUT2D eigenvalue weighted by molar-refractivity contribution is 0.168. The van der Waals surface area contributed by atoms with Gasteiger partial charge in [0, 0.05) is 12.6 Å². The molecule has 1 heterocycles. The van der Waals surface area contributed by atoms with Gasteiger partial charge in [0.25, 0.3) is 0 Å². The lowest BCUT2D eigenvalue weighted by atomic mass is 10.1. The fourth-order valence-corrected chi connectivity index (χ4v) is 2.66. The molecule has 0 aromatic heterocycles. The summed E-state index contributed by atoms with van der Waals surface area (Å²) in [6, 6.07) is 8.43. The van der Waals surface area contributed by atoms with Crippen molar-refractivity contribution in [1.82, 2.24) is 4.90 Å². The summed E-state index contributed by atoms with van der Waals surface area (Å²) in [5.41, 5.74) is 2.52. The van der Waals surface area contributed by atoms with E-state index in [9.17, 15) is 5.11 Å². The highest BCUT2D eigenvalue weighted by Crippen LogP contribution is 2.19. The van der Waals surface area contributed by atoms with Crippen LogP contribution in [0.5, 0.6) is 5.75 Å². The van der Waals surface area contributed by atoms with Crippen molar-refractivity contribution < 1.29 is 9.84 Å². The van der Waals surface area contributed by atoms with Crippen LogP contribution < -0.4 is 4.74 Å². The molecule has 1 fully saturated rings. The zero-order valence-corrected chi connectivity index (χ0v) is 11.8. The monoisotopic (exact) mass is 261 g/mol. The zero-order valence-electron chi connectivity index (χ0n) is 11.8. The second kappa shape index (κ2) is 6.73. The number of benzene rings is 1. The second-order valence-corrected chi connectivity index (χ2v) is 5.21. The molecule has 0 radical (unpaired) electrons. The third kappa shape index (κ3) is 3.82. The van der Waals surface area contributed by atoms with Crippen LogP contribution in [0.3, 0.4) is 0 Å². The van der Waals surface area contributed by atoms with Gasteiger partial charge in [-0.2, -0.15) is 0 Å². The molecule has 0 spiro atoms. The van der Waals surface area contributed by atoms with Gasteiger partial charge in [-0.15, -0.1) is 0 Å². The topological polar surface area (TPSA) is 32.7 Å². The Kier molecular flexibility index (Phi) is 5.00. The van der Waals surface area contributed by atoms with Crippen LogP contribution in [-0.4, -0.2) is 42.9 Å². The first-order valence-corrected chi connectivity index (χ1v) is 6.89. The summed E-state index contributed by atoms with van der Waals surface area (Å²) in [6.45, 7) is 4.46. The Balaban J connectivity index is 1.97. The van der Waals surface area contributed by atoms with Crippen molar-refractivity contribution in [3.63, 3.8) is 0 Å². The standard InChI is InChI=1S/C16H23NO2/c1-13(11-17-9-3-4-15(17)12-18)10-14-5-7-16(19-2)8-6-14/h5-8,10,15,18H,3-4,9,11-12H2,1-2H3/b13-10-/t15-/m0/s1. The van der Waals surface area contributed by atoms with E-state index in [0.29, 0.717) is 6.04 Å². The highest BCUT2D eigenvalue weighted by molar-refractivity contribution is 5.53. The van der Waals surface area contributed by atoms with Crippen LogP contribution in [0, 0.1) is 0 Å². The van der Waals surface area contributed by atoms with Crippen LogP contribution in [0.2, 0.25) is 0 Å². The van der Waals surface area contributed by atoms with Crippen molar-refractivity contribution in [1.29, 1.82) is 0 Å². The molecule has 1 saturated heterocycles. The summed E-state index contributed by atoms with van der Waals surface area (Å²) >= 11 is 0. The smallest absolute Gasteiger partial charge is 0.118 e. The molecule has 1 N–H and O–H groups in total. The fourth-order valence-electron chi connectivity index (χ4n) is 2.66. The van der Waals surface area contributed by atoms with Crippen molar-refractivity contribution >= 4 is 6.08 Å². The molecule has 1 aromatic rings. The SMILES string of the molecule is COc1ccc(/C=C(/C)CN2CCC[C@H]2CO)cc1.